The minimum absolute atomic E-state index is 0.132. The predicted molar refractivity (Wildman–Crippen MR) is 112 cm³/mol. The number of halogens is 4. The van der Waals surface area contributed by atoms with Crippen LogP contribution >= 0.6 is 11.6 Å². The first-order chi connectivity index (χ1) is 14.9. The van der Waals surface area contributed by atoms with Gasteiger partial charge in [0.2, 0.25) is 0 Å². The monoisotopic (exact) mass is 468 g/mol. The summed E-state index contributed by atoms with van der Waals surface area (Å²) in [4.78, 5) is 11.2. The van der Waals surface area contributed by atoms with Gasteiger partial charge in [-0.1, -0.05) is 23.7 Å². The molecule has 0 saturated carbocycles. The van der Waals surface area contributed by atoms with Gasteiger partial charge in [-0.3, -0.25) is 0 Å². The van der Waals surface area contributed by atoms with Gasteiger partial charge in [0, 0.05) is 17.2 Å². The maximum absolute atomic E-state index is 12.7. The van der Waals surface area contributed by atoms with Gasteiger partial charge in [0.05, 0.1) is 10.6 Å². The molecular weight excluding hydrogens is 449 g/mol. The Morgan fingerprint density at radius 2 is 1.75 bits per heavy atom. The Morgan fingerprint density at radius 3 is 2.31 bits per heavy atom. The smallest absolute Gasteiger partial charge is 0.416 e. The van der Waals surface area contributed by atoms with Crippen molar-refractivity contribution in [1.82, 2.24) is 0 Å². The first kappa shape index (κ1) is 23.5. The molecule has 3 rings (SSSR count). The number of aryl methyl sites for hydroxylation is 1. The number of carboxylic acids is 1. The highest BCUT2D eigenvalue weighted by Gasteiger charge is 2.31. The average Bonchev–Trinajstić information content (AvgIpc) is 3.08. The Kier molecular flexibility index (Phi) is 6.46. The van der Waals surface area contributed by atoms with Crippen LogP contribution in [0.1, 0.15) is 30.7 Å². The highest BCUT2D eigenvalue weighted by Crippen LogP contribution is 2.34. The zero-order valence-corrected chi connectivity index (χ0v) is 18.2. The van der Waals surface area contributed by atoms with E-state index in [2.05, 4.69) is 0 Å². The third-order valence-electron chi connectivity index (χ3n) is 4.70. The van der Waals surface area contributed by atoms with Crippen LogP contribution in [0.25, 0.3) is 11.3 Å². The van der Waals surface area contributed by atoms with Gasteiger partial charge in [-0.05, 0) is 51.1 Å². The zero-order chi connectivity index (χ0) is 23.7. The van der Waals surface area contributed by atoms with Gasteiger partial charge in [0.25, 0.3) is 0 Å². The lowest BCUT2D eigenvalue weighted by Gasteiger charge is -2.22. The van der Waals surface area contributed by atoms with Crippen molar-refractivity contribution >= 4 is 17.6 Å². The molecule has 2 aromatic carbocycles. The molecule has 0 atom stereocenters. The molecule has 0 aliphatic rings. The summed E-state index contributed by atoms with van der Waals surface area (Å²) in [6, 6.07) is 11.0. The van der Waals surface area contributed by atoms with E-state index in [4.69, 9.17) is 30.6 Å². The maximum atomic E-state index is 12.7. The minimum atomic E-state index is -4.40. The molecule has 0 radical (unpaired) electrons. The Hall–Kier alpha value is -3.13. The molecule has 0 aliphatic heterocycles. The quantitative estimate of drug-likeness (QED) is 0.415. The highest BCUT2D eigenvalue weighted by atomic mass is 35.5. The lowest BCUT2D eigenvalue weighted by Crippen LogP contribution is -2.37. The molecule has 3 aromatic rings. The molecule has 0 saturated heterocycles. The molecular formula is C23H20ClF3O5. The largest absolute Gasteiger partial charge is 0.489 e. The van der Waals surface area contributed by atoms with E-state index in [-0.39, 0.29) is 17.4 Å². The number of benzene rings is 2. The number of hydrogen-bond donors (Lipinski definition) is 1. The number of alkyl halides is 3. The third kappa shape index (κ3) is 5.37. The second-order valence-electron chi connectivity index (χ2n) is 7.57. The summed E-state index contributed by atoms with van der Waals surface area (Å²) in [5, 5.41) is 9.35. The lowest BCUT2D eigenvalue weighted by molar-refractivity contribution is -0.152. The summed E-state index contributed by atoms with van der Waals surface area (Å²) in [7, 11) is 0. The van der Waals surface area contributed by atoms with Crippen LogP contribution in [0.2, 0.25) is 5.02 Å². The van der Waals surface area contributed by atoms with Gasteiger partial charge in [-0.2, -0.15) is 13.2 Å². The number of ether oxygens (including phenoxy) is 2. The van der Waals surface area contributed by atoms with E-state index in [0.29, 0.717) is 28.4 Å². The first-order valence-corrected chi connectivity index (χ1v) is 9.86. The fourth-order valence-electron chi connectivity index (χ4n) is 2.76. The van der Waals surface area contributed by atoms with Gasteiger partial charge in [0.15, 0.2) is 5.60 Å². The Bertz CT molecular complexity index is 1120. The molecule has 0 aliphatic carbocycles. The van der Waals surface area contributed by atoms with Gasteiger partial charge >= 0.3 is 12.1 Å². The molecule has 1 aromatic heterocycles. The van der Waals surface area contributed by atoms with E-state index in [1.807, 2.05) is 0 Å². The van der Waals surface area contributed by atoms with E-state index in [0.717, 1.165) is 12.1 Å². The third-order valence-corrected chi connectivity index (χ3v) is 4.99. The van der Waals surface area contributed by atoms with Crippen LogP contribution in [0.15, 0.2) is 52.9 Å². The zero-order valence-electron chi connectivity index (χ0n) is 17.4. The van der Waals surface area contributed by atoms with Crippen molar-refractivity contribution in [3.05, 3.63) is 70.4 Å². The molecule has 170 valence electrons. The molecule has 5 nitrogen and oxygen atoms in total. The summed E-state index contributed by atoms with van der Waals surface area (Å²) >= 11 is 6.19. The van der Waals surface area contributed by atoms with Gasteiger partial charge < -0.3 is 19.0 Å². The Morgan fingerprint density at radius 1 is 1.09 bits per heavy atom. The van der Waals surface area contributed by atoms with Crippen molar-refractivity contribution in [1.29, 1.82) is 0 Å². The summed E-state index contributed by atoms with van der Waals surface area (Å²) in [5.41, 5.74) is -0.959. The topological polar surface area (TPSA) is 68.9 Å². The average molecular weight is 469 g/mol. The van der Waals surface area contributed by atoms with Crippen molar-refractivity contribution in [2.24, 2.45) is 0 Å². The number of carboxylic acid groups (broad SMARTS) is 1. The number of aliphatic carboxylic acids is 1. The van der Waals surface area contributed by atoms with Gasteiger partial charge in [-0.25, -0.2) is 4.79 Å². The normalized spacial score (nSPS) is 12.0. The molecule has 0 spiro atoms. The Labute approximate surface area is 187 Å². The fourth-order valence-corrected chi connectivity index (χ4v) is 2.97. The molecule has 0 fully saturated rings. The summed E-state index contributed by atoms with van der Waals surface area (Å²) in [6.45, 7) is 4.68. The lowest BCUT2D eigenvalue weighted by atomic mass is 10.1. The molecule has 1 N–H and O–H groups in total. The summed E-state index contributed by atoms with van der Waals surface area (Å²) in [6.07, 6.45) is -4.40. The number of hydrogen-bond acceptors (Lipinski definition) is 4. The van der Waals surface area contributed by atoms with Crippen LogP contribution in [-0.2, 0) is 17.6 Å². The van der Waals surface area contributed by atoms with Crippen molar-refractivity contribution in [3.8, 4) is 22.8 Å². The first-order valence-electron chi connectivity index (χ1n) is 9.48. The van der Waals surface area contributed by atoms with E-state index >= 15 is 0 Å². The molecule has 0 unspecified atom stereocenters. The van der Waals surface area contributed by atoms with Crippen molar-refractivity contribution in [3.63, 3.8) is 0 Å². The van der Waals surface area contributed by atoms with Crippen LogP contribution in [-0.4, -0.2) is 16.7 Å². The predicted octanol–water partition coefficient (Wildman–Crippen LogP) is 6.75. The van der Waals surface area contributed by atoms with E-state index in [1.165, 1.54) is 38.1 Å². The maximum Gasteiger partial charge on any atom is 0.416 e. The number of rotatable bonds is 7. The summed E-state index contributed by atoms with van der Waals surface area (Å²) < 4.78 is 55.1. The van der Waals surface area contributed by atoms with Crippen molar-refractivity contribution < 1.29 is 37.0 Å². The second-order valence-corrected chi connectivity index (χ2v) is 7.97. The van der Waals surface area contributed by atoms with Crippen LogP contribution in [0, 0.1) is 6.92 Å². The van der Waals surface area contributed by atoms with Crippen molar-refractivity contribution in [2.75, 3.05) is 0 Å². The van der Waals surface area contributed by atoms with Gasteiger partial charge in [0.1, 0.15) is 29.6 Å². The minimum Gasteiger partial charge on any atom is -0.489 e. The SMILES string of the molecule is Cc1oc(-c2ccc(C(F)(F)F)cc2)cc1COc1ccc(OC(C)(C)C(=O)O)c(Cl)c1. The molecule has 9 heteroatoms. The van der Waals surface area contributed by atoms with Crippen LogP contribution in [0.4, 0.5) is 13.2 Å². The van der Waals surface area contributed by atoms with Crippen LogP contribution in [0.3, 0.4) is 0 Å². The standard InChI is InChI=1S/C23H20ClF3O5/c1-13-15(10-20(31-13)14-4-6-16(7-5-14)23(25,26)27)12-30-17-8-9-19(18(24)11-17)32-22(2,3)21(28)29/h4-11H,12H2,1-3H3,(H,28,29). The molecule has 0 amide bonds. The molecule has 32 heavy (non-hydrogen) atoms. The number of carbonyl (C=O) groups is 1. The van der Waals surface area contributed by atoms with E-state index < -0.39 is 23.3 Å². The highest BCUT2D eigenvalue weighted by molar-refractivity contribution is 6.32. The fraction of sp³-hybridized carbons (Fsp3) is 0.261. The van der Waals surface area contributed by atoms with E-state index in [1.54, 1.807) is 19.1 Å². The summed E-state index contributed by atoms with van der Waals surface area (Å²) in [5.74, 6) is 0.484. The van der Waals surface area contributed by atoms with E-state index in [9.17, 15) is 18.0 Å². The second kappa shape index (κ2) is 8.78. The van der Waals surface area contributed by atoms with Crippen molar-refractivity contribution in [2.45, 2.75) is 39.2 Å². The number of furan rings is 1. The van der Waals surface area contributed by atoms with Gasteiger partial charge in [-0.15, -0.1) is 0 Å². The van der Waals surface area contributed by atoms with Crippen LogP contribution in [0.5, 0.6) is 11.5 Å². The Balaban J connectivity index is 1.70. The van der Waals surface area contributed by atoms with Crippen LogP contribution < -0.4 is 9.47 Å². The molecule has 1 heterocycles. The molecule has 0 bridgehead atoms.